The molecule has 0 aliphatic carbocycles. The van der Waals surface area contributed by atoms with Gasteiger partial charge in [0.05, 0.1) is 26.0 Å². The van der Waals surface area contributed by atoms with E-state index in [9.17, 15) is 0 Å². The fourth-order valence-electron chi connectivity index (χ4n) is 2.33. The molecule has 0 unspecified atom stereocenters. The number of ether oxygens (including phenoxy) is 2. The second-order valence-corrected chi connectivity index (χ2v) is 6.30. The number of aromatic amines is 1. The zero-order chi connectivity index (χ0) is 17.8. The molecule has 0 radical (unpaired) electrons. The topological polar surface area (TPSA) is 64.4 Å². The molecule has 0 saturated heterocycles. The number of nitrogens with one attached hydrogen (secondary N) is 1. The SMILES string of the molecule is COc1ccc(Br)cc1C=Nn1c(-c2ccccc2OC)n[nH]c1=S. The zero-order valence-corrected chi connectivity index (χ0v) is 16.0. The first-order valence-corrected chi connectivity index (χ1v) is 8.53. The lowest BCUT2D eigenvalue weighted by Gasteiger charge is -2.07. The standard InChI is InChI=1S/C17H15BrN4O2S/c1-23-14-8-7-12(18)9-11(14)10-19-22-16(20-21-17(22)25)13-5-3-4-6-15(13)24-2/h3-10H,1-2H3,(H,21,25). The number of benzene rings is 2. The Morgan fingerprint density at radius 2 is 1.92 bits per heavy atom. The maximum atomic E-state index is 5.40. The monoisotopic (exact) mass is 418 g/mol. The Bertz CT molecular complexity index is 981. The van der Waals surface area contributed by atoms with Crippen LogP contribution in [0.5, 0.6) is 11.5 Å². The Labute approximate surface area is 158 Å². The highest BCUT2D eigenvalue weighted by atomic mass is 79.9. The van der Waals surface area contributed by atoms with Crippen molar-refractivity contribution in [3.63, 3.8) is 0 Å². The first-order valence-electron chi connectivity index (χ1n) is 7.32. The third-order valence-corrected chi connectivity index (χ3v) is 4.26. The summed E-state index contributed by atoms with van der Waals surface area (Å²) in [7, 11) is 3.23. The molecule has 8 heteroatoms. The fourth-order valence-corrected chi connectivity index (χ4v) is 2.89. The molecule has 2 aromatic carbocycles. The highest BCUT2D eigenvalue weighted by molar-refractivity contribution is 9.10. The van der Waals surface area contributed by atoms with Crippen molar-refractivity contribution in [3.8, 4) is 22.9 Å². The predicted molar refractivity (Wildman–Crippen MR) is 103 cm³/mol. The molecule has 0 amide bonds. The van der Waals surface area contributed by atoms with Gasteiger partial charge in [0.2, 0.25) is 4.77 Å². The Hall–Kier alpha value is -2.45. The minimum atomic E-state index is 0.381. The lowest BCUT2D eigenvalue weighted by Crippen LogP contribution is -1.98. The fraction of sp³-hybridized carbons (Fsp3) is 0.118. The third-order valence-electron chi connectivity index (χ3n) is 3.50. The molecule has 0 aliphatic heterocycles. The maximum Gasteiger partial charge on any atom is 0.216 e. The van der Waals surface area contributed by atoms with E-state index in [-0.39, 0.29) is 0 Å². The van der Waals surface area contributed by atoms with E-state index in [1.165, 1.54) is 0 Å². The van der Waals surface area contributed by atoms with Gasteiger partial charge in [-0.15, -0.1) is 0 Å². The number of rotatable bonds is 5. The van der Waals surface area contributed by atoms with Crippen molar-refractivity contribution >= 4 is 34.4 Å². The minimum absolute atomic E-state index is 0.381. The van der Waals surface area contributed by atoms with Crippen LogP contribution in [0, 0.1) is 4.77 Å². The number of H-pyrrole nitrogens is 1. The summed E-state index contributed by atoms with van der Waals surface area (Å²) in [5, 5.41) is 11.5. The van der Waals surface area contributed by atoms with Gasteiger partial charge in [-0.2, -0.15) is 14.9 Å². The van der Waals surface area contributed by atoms with Crippen LogP contribution in [0.1, 0.15) is 5.56 Å². The van der Waals surface area contributed by atoms with Crippen molar-refractivity contribution in [3.05, 3.63) is 57.3 Å². The summed E-state index contributed by atoms with van der Waals surface area (Å²) in [5.74, 6) is 1.96. The summed E-state index contributed by atoms with van der Waals surface area (Å²) in [5.41, 5.74) is 1.60. The van der Waals surface area contributed by atoms with Crippen LogP contribution in [0.15, 0.2) is 52.0 Å². The van der Waals surface area contributed by atoms with Crippen molar-refractivity contribution < 1.29 is 9.47 Å². The molecule has 6 nitrogen and oxygen atoms in total. The number of para-hydroxylation sites is 1. The van der Waals surface area contributed by atoms with Crippen molar-refractivity contribution in [2.24, 2.45) is 5.10 Å². The van der Waals surface area contributed by atoms with Crippen LogP contribution in [-0.2, 0) is 0 Å². The molecule has 1 heterocycles. The quantitative estimate of drug-likeness (QED) is 0.496. The molecule has 0 bridgehead atoms. The summed E-state index contributed by atoms with van der Waals surface area (Å²) >= 11 is 8.75. The highest BCUT2D eigenvalue weighted by Crippen LogP contribution is 2.28. The Morgan fingerprint density at radius 1 is 1.16 bits per heavy atom. The van der Waals surface area contributed by atoms with Crippen molar-refractivity contribution in [1.82, 2.24) is 14.9 Å². The molecular weight excluding hydrogens is 404 g/mol. The highest BCUT2D eigenvalue weighted by Gasteiger charge is 2.13. The molecular formula is C17H15BrN4O2S. The first-order chi connectivity index (χ1) is 12.1. The van der Waals surface area contributed by atoms with E-state index in [1.54, 1.807) is 25.1 Å². The van der Waals surface area contributed by atoms with E-state index in [0.29, 0.717) is 22.1 Å². The molecule has 0 atom stereocenters. The number of methoxy groups -OCH3 is 2. The van der Waals surface area contributed by atoms with Gasteiger partial charge in [0, 0.05) is 10.0 Å². The Kier molecular flexibility index (Phi) is 5.30. The van der Waals surface area contributed by atoms with Crippen molar-refractivity contribution in [2.45, 2.75) is 0 Å². The number of hydrogen-bond donors (Lipinski definition) is 1. The molecule has 0 aliphatic rings. The average Bonchev–Trinajstić information content (AvgIpc) is 3.00. The second kappa shape index (κ2) is 7.62. The van der Waals surface area contributed by atoms with Gasteiger partial charge in [-0.1, -0.05) is 28.1 Å². The summed E-state index contributed by atoms with van der Waals surface area (Å²) < 4.78 is 13.6. The van der Waals surface area contributed by atoms with Gasteiger partial charge in [-0.25, -0.2) is 5.10 Å². The number of halogens is 1. The zero-order valence-electron chi connectivity index (χ0n) is 13.6. The number of aromatic nitrogens is 3. The molecule has 0 spiro atoms. The van der Waals surface area contributed by atoms with E-state index in [1.807, 2.05) is 42.5 Å². The van der Waals surface area contributed by atoms with E-state index in [2.05, 4.69) is 31.2 Å². The minimum Gasteiger partial charge on any atom is -0.496 e. The van der Waals surface area contributed by atoms with Crippen LogP contribution in [0.4, 0.5) is 0 Å². The largest absolute Gasteiger partial charge is 0.496 e. The van der Waals surface area contributed by atoms with E-state index < -0.39 is 0 Å². The molecule has 0 fully saturated rings. The Balaban J connectivity index is 2.07. The molecule has 25 heavy (non-hydrogen) atoms. The molecule has 3 aromatic rings. The summed E-state index contributed by atoms with van der Waals surface area (Å²) in [6, 6.07) is 13.2. The molecule has 1 N–H and O–H groups in total. The van der Waals surface area contributed by atoms with Gasteiger partial charge in [-0.05, 0) is 42.5 Å². The van der Waals surface area contributed by atoms with Crippen LogP contribution in [-0.4, -0.2) is 35.3 Å². The Morgan fingerprint density at radius 3 is 2.68 bits per heavy atom. The van der Waals surface area contributed by atoms with E-state index >= 15 is 0 Å². The molecule has 1 aromatic heterocycles. The van der Waals surface area contributed by atoms with Gasteiger partial charge in [0.25, 0.3) is 0 Å². The van der Waals surface area contributed by atoms with Crippen LogP contribution in [0.25, 0.3) is 11.4 Å². The lowest BCUT2D eigenvalue weighted by atomic mass is 10.2. The lowest BCUT2D eigenvalue weighted by molar-refractivity contribution is 0.414. The first kappa shape index (κ1) is 17.4. The van der Waals surface area contributed by atoms with E-state index in [0.717, 1.165) is 15.6 Å². The summed E-state index contributed by atoms with van der Waals surface area (Å²) in [6.45, 7) is 0. The van der Waals surface area contributed by atoms with Gasteiger partial charge < -0.3 is 9.47 Å². The molecule has 128 valence electrons. The van der Waals surface area contributed by atoms with Crippen LogP contribution < -0.4 is 9.47 Å². The average molecular weight is 419 g/mol. The summed E-state index contributed by atoms with van der Waals surface area (Å²) in [4.78, 5) is 0. The van der Waals surface area contributed by atoms with Crippen LogP contribution in [0.3, 0.4) is 0 Å². The normalized spacial score (nSPS) is 11.0. The van der Waals surface area contributed by atoms with Gasteiger partial charge >= 0.3 is 0 Å². The number of nitrogens with zero attached hydrogens (tertiary/aromatic N) is 3. The number of hydrogen-bond acceptors (Lipinski definition) is 5. The molecule has 3 rings (SSSR count). The van der Waals surface area contributed by atoms with Gasteiger partial charge in [-0.3, -0.25) is 0 Å². The van der Waals surface area contributed by atoms with Gasteiger partial charge in [0.15, 0.2) is 5.82 Å². The smallest absolute Gasteiger partial charge is 0.216 e. The maximum absolute atomic E-state index is 5.40. The van der Waals surface area contributed by atoms with Crippen molar-refractivity contribution in [2.75, 3.05) is 14.2 Å². The van der Waals surface area contributed by atoms with Gasteiger partial charge in [0.1, 0.15) is 11.5 Å². The second-order valence-electron chi connectivity index (χ2n) is 5.00. The van der Waals surface area contributed by atoms with Crippen LogP contribution >= 0.6 is 28.1 Å². The van der Waals surface area contributed by atoms with E-state index in [4.69, 9.17) is 21.7 Å². The predicted octanol–water partition coefficient (Wildman–Crippen LogP) is 4.27. The van der Waals surface area contributed by atoms with Crippen LogP contribution in [0.2, 0.25) is 0 Å². The molecule has 0 saturated carbocycles. The summed E-state index contributed by atoms with van der Waals surface area (Å²) in [6.07, 6.45) is 1.67. The third kappa shape index (κ3) is 3.64. The van der Waals surface area contributed by atoms with Crippen molar-refractivity contribution in [1.29, 1.82) is 0 Å².